The van der Waals surface area contributed by atoms with Crippen LogP contribution in [0, 0.1) is 0 Å². The lowest BCUT2D eigenvalue weighted by atomic mass is 9.95. The van der Waals surface area contributed by atoms with Crippen molar-refractivity contribution in [1.29, 1.82) is 0 Å². The van der Waals surface area contributed by atoms with Gasteiger partial charge in [0, 0.05) is 13.6 Å². The zero-order valence-electron chi connectivity index (χ0n) is 11.9. The van der Waals surface area contributed by atoms with E-state index in [1.165, 1.54) is 19.2 Å². The first-order valence-electron chi connectivity index (χ1n) is 7.16. The Kier molecular flexibility index (Phi) is 4.94. The van der Waals surface area contributed by atoms with E-state index in [0.29, 0.717) is 18.9 Å². The van der Waals surface area contributed by atoms with Crippen LogP contribution < -0.4 is 10.6 Å². The highest BCUT2D eigenvalue weighted by Crippen LogP contribution is 2.26. The van der Waals surface area contributed by atoms with Crippen LogP contribution in [0.1, 0.15) is 44.3 Å². The second-order valence-electron chi connectivity index (χ2n) is 5.47. The molecule has 0 aromatic carbocycles. The van der Waals surface area contributed by atoms with Gasteiger partial charge in [-0.2, -0.15) is 5.10 Å². The molecule has 7 heteroatoms. The topological polar surface area (TPSA) is 92.1 Å². The van der Waals surface area contributed by atoms with Crippen LogP contribution in [-0.4, -0.2) is 38.0 Å². The first-order valence-corrected chi connectivity index (χ1v) is 7.16. The van der Waals surface area contributed by atoms with Gasteiger partial charge in [0.1, 0.15) is 12.2 Å². The summed E-state index contributed by atoms with van der Waals surface area (Å²) in [5, 5.41) is 19.8. The molecule has 1 aromatic heterocycles. The van der Waals surface area contributed by atoms with Crippen LogP contribution in [0.5, 0.6) is 0 Å². The number of aryl methyl sites for hydroxylation is 1. The number of carbonyl (C=O) groups excluding carboxylic acids is 1. The summed E-state index contributed by atoms with van der Waals surface area (Å²) in [6, 6.07) is -0.286. The fourth-order valence-electron chi connectivity index (χ4n) is 2.51. The second-order valence-corrected chi connectivity index (χ2v) is 5.47. The number of hydrogen-bond acceptors (Lipinski definition) is 4. The average Bonchev–Trinajstić information content (AvgIpc) is 2.70. The summed E-state index contributed by atoms with van der Waals surface area (Å²) < 4.78 is 1.61. The lowest BCUT2D eigenvalue weighted by Crippen LogP contribution is -2.46. The molecule has 1 heterocycles. The molecule has 1 saturated carbocycles. The molecule has 0 bridgehead atoms. The molecule has 1 fully saturated rings. The van der Waals surface area contributed by atoms with Crippen molar-refractivity contribution in [3.05, 3.63) is 12.2 Å². The zero-order chi connectivity index (χ0) is 14.4. The molecule has 0 atom stereocenters. The standard InChI is InChI=1S/C13H23N5O2/c1-18-11(16-10-17-18)8-14-12(19)15-9-13(20)6-4-2-3-5-7-13/h10,20H,2-9H2,1H3,(H2,14,15,19). The molecular formula is C13H23N5O2. The minimum Gasteiger partial charge on any atom is -0.388 e. The molecule has 112 valence electrons. The Bertz CT molecular complexity index is 438. The van der Waals surface area contributed by atoms with Gasteiger partial charge >= 0.3 is 6.03 Å². The maximum absolute atomic E-state index is 11.7. The van der Waals surface area contributed by atoms with Crippen LogP contribution in [0.25, 0.3) is 0 Å². The van der Waals surface area contributed by atoms with Gasteiger partial charge in [-0.1, -0.05) is 25.7 Å². The summed E-state index contributed by atoms with van der Waals surface area (Å²) in [5.41, 5.74) is -0.751. The first-order chi connectivity index (χ1) is 9.59. The van der Waals surface area contributed by atoms with E-state index in [-0.39, 0.29) is 6.03 Å². The monoisotopic (exact) mass is 281 g/mol. The number of urea groups is 1. The lowest BCUT2D eigenvalue weighted by Gasteiger charge is -2.26. The number of aromatic nitrogens is 3. The fraction of sp³-hybridized carbons (Fsp3) is 0.769. The van der Waals surface area contributed by atoms with Crippen LogP contribution in [0.2, 0.25) is 0 Å². The van der Waals surface area contributed by atoms with E-state index in [4.69, 9.17) is 0 Å². The van der Waals surface area contributed by atoms with Crippen LogP contribution >= 0.6 is 0 Å². The maximum Gasteiger partial charge on any atom is 0.315 e. The summed E-state index contributed by atoms with van der Waals surface area (Å²) in [6.07, 6.45) is 7.36. The van der Waals surface area contributed by atoms with E-state index in [1.54, 1.807) is 11.7 Å². The third kappa shape index (κ3) is 4.19. The minimum absolute atomic E-state index is 0.286. The molecule has 2 rings (SSSR count). The predicted octanol–water partition coefficient (Wildman–Crippen LogP) is 0.700. The summed E-state index contributed by atoms with van der Waals surface area (Å²) in [5.74, 6) is 0.688. The normalized spacial score (nSPS) is 18.3. The number of amides is 2. The molecule has 20 heavy (non-hydrogen) atoms. The maximum atomic E-state index is 11.7. The second kappa shape index (κ2) is 6.69. The minimum atomic E-state index is -0.751. The van der Waals surface area contributed by atoms with E-state index in [9.17, 15) is 9.90 Å². The zero-order valence-corrected chi connectivity index (χ0v) is 11.9. The van der Waals surface area contributed by atoms with E-state index in [1.807, 2.05) is 0 Å². The Labute approximate surface area is 118 Å². The van der Waals surface area contributed by atoms with Crippen molar-refractivity contribution in [2.75, 3.05) is 6.54 Å². The van der Waals surface area contributed by atoms with Crippen molar-refractivity contribution in [1.82, 2.24) is 25.4 Å². The van der Waals surface area contributed by atoms with Gasteiger partial charge < -0.3 is 15.7 Å². The third-order valence-corrected chi connectivity index (χ3v) is 3.82. The Balaban J connectivity index is 1.73. The fourth-order valence-corrected chi connectivity index (χ4v) is 2.51. The SMILES string of the molecule is Cn1ncnc1CNC(=O)NCC1(O)CCCCCC1. The molecular weight excluding hydrogens is 258 g/mol. The van der Waals surface area contributed by atoms with Gasteiger partial charge in [-0.3, -0.25) is 4.68 Å². The molecule has 3 N–H and O–H groups in total. The number of nitrogens with one attached hydrogen (secondary N) is 2. The van der Waals surface area contributed by atoms with E-state index < -0.39 is 5.60 Å². The van der Waals surface area contributed by atoms with Crippen molar-refractivity contribution in [2.45, 2.75) is 50.7 Å². The van der Waals surface area contributed by atoms with Gasteiger partial charge in [0.15, 0.2) is 0 Å². The molecule has 1 aliphatic rings. The van der Waals surface area contributed by atoms with Crippen molar-refractivity contribution < 1.29 is 9.90 Å². The van der Waals surface area contributed by atoms with Crippen LogP contribution in [-0.2, 0) is 13.6 Å². The largest absolute Gasteiger partial charge is 0.388 e. The Hall–Kier alpha value is -1.63. The summed E-state index contributed by atoms with van der Waals surface area (Å²) >= 11 is 0. The van der Waals surface area contributed by atoms with Crippen LogP contribution in [0.15, 0.2) is 6.33 Å². The molecule has 1 aromatic rings. The number of hydrogen-bond donors (Lipinski definition) is 3. The van der Waals surface area contributed by atoms with E-state index in [0.717, 1.165) is 25.7 Å². The molecule has 0 saturated heterocycles. The molecule has 0 radical (unpaired) electrons. The van der Waals surface area contributed by atoms with Crippen molar-refractivity contribution >= 4 is 6.03 Å². The molecule has 0 aliphatic heterocycles. The van der Waals surface area contributed by atoms with Gasteiger partial charge in [0.25, 0.3) is 0 Å². The van der Waals surface area contributed by atoms with Gasteiger partial charge in [-0.25, -0.2) is 9.78 Å². The average molecular weight is 281 g/mol. The van der Waals surface area contributed by atoms with Crippen LogP contribution in [0.4, 0.5) is 4.79 Å². The Morgan fingerprint density at radius 3 is 2.65 bits per heavy atom. The number of carbonyl (C=O) groups is 1. The van der Waals surface area contributed by atoms with Gasteiger partial charge in [0.2, 0.25) is 0 Å². The molecule has 1 aliphatic carbocycles. The van der Waals surface area contributed by atoms with Gasteiger partial charge in [0.05, 0.1) is 12.1 Å². The summed E-state index contributed by atoms with van der Waals surface area (Å²) in [7, 11) is 1.77. The highest BCUT2D eigenvalue weighted by atomic mass is 16.3. The smallest absolute Gasteiger partial charge is 0.315 e. The van der Waals surface area contributed by atoms with Crippen LogP contribution in [0.3, 0.4) is 0 Å². The number of rotatable bonds is 4. The van der Waals surface area contributed by atoms with E-state index >= 15 is 0 Å². The van der Waals surface area contributed by atoms with E-state index in [2.05, 4.69) is 20.7 Å². The first kappa shape index (κ1) is 14.8. The van der Waals surface area contributed by atoms with Gasteiger partial charge in [-0.05, 0) is 12.8 Å². The lowest BCUT2D eigenvalue weighted by molar-refractivity contribution is 0.0276. The quantitative estimate of drug-likeness (QED) is 0.708. The van der Waals surface area contributed by atoms with Crippen molar-refractivity contribution in [3.63, 3.8) is 0 Å². The molecule has 0 unspecified atom stereocenters. The Morgan fingerprint density at radius 2 is 2.05 bits per heavy atom. The third-order valence-electron chi connectivity index (χ3n) is 3.82. The number of aliphatic hydroxyl groups is 1. The highest BCUT2D eigenvalue weighted by Gasteiger charge is 2.28. The van der Waals surface area contributed by atoms with Crippen molar-refractivity contribution in [3.8, 4) is 0 Å². The van der Waals surface area contributed by atoms with Crippen molar-refractivity contribution in [2.24, 2.45) is 7.05 Å². The summed E-state index contributed by atoms with van der Waals surface area (Å²) in [6.45, 7) is 0.623. The molecule has 2 amide bonds. The Morgan fingerprint density at radius 1 is 1.35 bits per heavy atom. The van der Waals surface area contributed by atoms with Gasteiger partial charge in [-0.15, -0.1) is 0 Å². The highest BCUT2D eigenvalue weighted by molar-refractivity contribution is 5.73. The molecule has 7 nitrogen and oxygen atoms in total. The molecule has 0 spiro atoms. The predicted molar refractivity (Wildman–Crippen MR) is 73.9 cm³/mol. The summed E-state index contributed by atoms with van der Waals surface area (Å²) in [4.78, 5) is 15.8. The number of nitrogens with zero attached hydrogens (tertiary/aromatic N) is 3.